The Bertz CT molecular complexity index is 1460. The highest BCUT2D eigenvalue weighted by atomic mass is 16.5. The number of methoxy groups -OCH3 is 1. The molecular weight excluding hydrogens is 480 g/mol. The molecule has 1 unspecified atom stereocenters. The van der Waals surface area contributed by atoms with Crippen molar-refractivity contribution in [3.63, 3.8) is 0 Å². The van der Waals surface area contributed by atoms with Gasteiger partial charge in [-0.2, -0.15) is 4.98 Å². The van der Waals surface area contributed by atoms with Crippen molar-refractivity contribution in [1.29, 1.82) is 0 Å². The topological polar surface area (TPSA) is 144 Å². The molecule has 1 atom stereocenters. The number of imidazole rings is 1. The number of hydrogen-bond acceptors (Lipinski definition) is 9. The molecule has 2 N–H and O–H groups in total. The number of carbonyl (C=O) groups excluding carboxylic acids is 2. The Morgan fingerprint density at radius 2 is 2.08 bits per heavy atom. The molecule has 0 bridgehead atoms. The summed E-state index contributed by atoms with van der Waals surface area (Å²) < 4.78 is 17.4. The summed E-state index contributed by atoms with van der Waals surface area (Å²) in [6.45, 7) is 4.45. The number of likely N-dealkylation sites (tertiary alicyclic amines) is 1. The number of aliphatic hydroxyl groups excluding tert-OH is 1. The standard InChI is InChI=1S/C25H26N6O6/c1-14-4-5-16(22-28-24(37-29-22)17-11-30(12-17)25(34)35-3)8-19(14)27-23(33)20-10-26-21-9-18(6-7-31(20)21)36-15(2)13-32/h4-10,15,17,32H,11-13H2,1-3H3,(H,27,33). The smallest absolute Gasteiger partial charge is 0.409 e. The van der Waals surface area contributed by atoms with Crippen molar-refractivity contribution in [2.75, 3.05) is 32.1 Å². The van der Waals surface area contributed by atoms with Gasteiger partial charge in [0.15, 0.2) is 0 Å². The van der Waals surface area contributed by atoms with Crippen LogP contribution < -0.4 is 10.1 Å². The van der Waals surface area contributed by atoms with Crippen molar-refractivity contribution in [1.82, 2.24) is 24.4 Å². The fourth-order valence-corrected chi connectivity index (χ4v) is 3.99. The number of anilines is 1. The molecule has 37 heavy (non-hydrogen) atoms. The van der Waals surface area contributed by atoms with Crippen molar-refractivity contribution in [3.05, 3.63) is 59.9 Å². The summed E-state index contributed by atoms with van der Waals surface area (Å²) in [6, 6.07) is 8.92. The van der Waals surface area contributed by atoms with Gasteiger partial charge in [0, 0.05) is 36.6 Å². The van der Waals surface area contributed by atoms with Gasteiger partial charge < -0.3 is 29.3 Å². The van der Waals surface area contributed by atoms with Crippen LogP contribution in [0.5, 0.6) is 5.75 Å². The molecule has 192 valence electrons. The number of ether oxygens (including phenoxy) is 2. The number of nitrogens with zero attached hydrogens (tertiary/aromatic N) is 5. The number of pyridine rings is 1. The Labute approximate surface area is 211 Å². The van der Waals surface area contributed by atoms with Crippen LogP contribution in [-0.2, 0) is 4.74 Å². The first-order valence-electron chi connectivity index (χ1n) is 11.7. The molecule has 5 rings (SSSR count). The molecule has 1 saturated heterocycles. The molecule has 12 nitrogen and oxygen atoms in total. The summed E-state index contributed by atoms with van der Waals surface area (Å²) in [7, 11) is 1.34. The second-order valence-electron chi connectivity index (χ2n) is 8.86. The fraction of sp³-hybridized carbons (Fsp3) is 0.320. The van der Waals surface area contributed by atoms with E-state index in [0.29, 0.717) is 53.1 Å². The maximum absolute atomic E-state index is 13.1. The Kier molecular flexibility index (Phi) is 6.49. The lowest BCUT2D eigenvalue weighted by atomic mass is 10.0. The average Bonchev–Trinajstić information content (AvgIpc) is 3.51. The first kappa shape index (κ1) is 24.3. The van der Waals surface area contributed by atoms with Gasteiger partial charge in [0.25, 0.3) is 5.91 Å². The molecule has 1 fully saturated rings. The van der Waals surface area contributed by atoms with Gasteiger partial charge in [-0.05, 0) is 31.5 Å². The third-order valence-corrected chi connectivity index (χ3v) is 6.16. The fourth-order valence-electron chi connectivity index (χ4n) is 3.99. The van der Waals surface area contributed by atoms with E-state index in [4.69, 9.17) is 14.0 Å². The van der Waals surface area contributed by atoms with Gasteiger partial charge in [0.05, 0.1) is 25.8 Å². The van der Waals surface area contributed by atoms with Crippen LogP contribution in [0, 0.1) is 6.92 Å². The third kappa shape index (κ3) is 4.83. The van der Waals surface area contributed by atoms with Gasteiger partial charge in [-0.3, -0.25) is 9.20 Å². The zero-order valence-electron chi connectivity index (χ0n) is 20.5. The Hall–Kier alpha value is -4.45. The minimum Gasteiger partial charge on any atom is -0.488 e. The van der Waals surface area contributed by atoms with Gasteiger partial charge in [-0.25, -0.2) is 9.78 Å². The summed E-state index contributed by atoms with van der Waals surface area (Å²) in [4.78, 5) is 35.0. The zero-order valence-corrected chi connectivity index (χ0v) is 20.5. The molecule has 1 aliphatic rings. The number of aliphatic hydroxyl groups is 1. The van der Waals surface area contributed by atoms with Crippen LogP contribution in [0.3, 0.4) is 0 Å². The molecule has 0 aliphatic carbocycles. The van der Waals surface area contributed by atoms with Crippen LogP contribution in [0.4, 0.5) is 10.5 Å². The van der Waals surface area contributed by atoms with Crippen molar-refractivity contribution < 1.29 is 28.7 Å². The first-order chi connectivity index (χ1) is 17.9. The van der Waals surface area contributed by atoms with Gasteiger partial charge in [-0.1, -0.05) is 17.3 Å². The van der Waals surface area contributed by atoms with Crippen LogP contribution in [-0.4, -0.2) is 74.4 Å². The Balaban J connectivity index is 1.31. The molecule has 12 heteroatoms. The highest BCUT2D eigenvalue weighted by molar-refractivity contribution is 6.04. The van der Waals surface area contributed by atoms with Crippen molar-refractivity contribution in [2.24, 2.45) is 0 Å². The minimum atomic E-state index is -0.383. The largest absolute Gasteiger partial charge is 0.488 e. The third-order valence-electron chi connectivity index (χ3n) is 6.16. The number of rotatable bonds is 7. The molecule has 2 amide bonds. The first-order valence-corrected chi connectivity index (χ1v) is 11.7. The predicted molar refractivity (Wildman–Crippen MR) is 132 cm³/mol. The van der Waals surface area contributed by atoms with E-state index in [9.17, 15) is 14.7 Å². The molecule has 3 aromatic heterocycles. The molecule has 1 aromatic carbocycles. The van der Waals surface area contributed by atoms with Gasteiger partial charge in [-0.15, -0.1) is 0 Å². The van der Waals surface area contributed by atoms with Crippen molar-refractivity contribution >= 4 is 23.3 Å². The molecule has 0 saturated carbocycles. The van der Waals surface area contributed by atoms with E-state index in [-0.39, 0.29) is 30.6 Å². The molecule has 4 heterocycles. The number of nitrogens with one attached hydrogen (secondary N) is 1. The summed E-state index contributed by atoms with van der Waals surface area (Å²) >= 11 is 0. The van der Waals surface area contributed by atoms with Gasteiger partial charge in [0.1, 0.15) is 23.2 Å². The molecule has 1 aliphatic heterocycles. The van der Waals surface area contributed by atoms with E-state index >= 15 is 0 Å². The van der Waals surface area contributed by atoms with E-state index in [2.05, 4.69) is 20.4 Å². The maximum Gasteiger partial charge on any atom is 0.409 e. The van der Waals surface area contributed by atoms with Crippen molar-refractivity contribution in [3.8, 4) is 17.1 Å². The number of carbonyl (C=O) groups is 2. The van der Waals surface area contributed by atoms with Crippen LogP contribution in [0.15, 0.2) is 47.2 Å². The van der Waals surface area contributed by atoms with Crippen LogP contribution in [0.1, 0.15) is 34.8 Å². The molecule has 0 spiro atoms. The van der Waals surface area contributed by atoms with Crippen LogP contribution in [0.2, 0.25) is 0 Å². The summed E-state index contributed by atoms with van der Waals surface area (Å²) in [5.41, 5.74) is 3.03. The van der Waals surface area contributed by atoms with Gasteiger partial charge >= 0.3 is 6.09 Å². The number of hydrogen-bond donors (Lipinski definition) is 2. The van der Waals surface area contributed by atoms with Crippen LogP contribution in [0.25, 0.3) is 17.0 Å². The number of fused-ring (bicyclic) bond motifs is 1. The molecule has 4 aromatic rings. The Morgan fingerprint density at radius 1 is 1.27 bits per heavy atom. The average molecular weight is 507 g/mol. The normalized spacial score (nSPS) is 14.3. The second kappa shape index (κ2) is 9.90. The number of aryl methyl sites for hydroxylation is 1. The van der Waals surface area contributed by atoms with E-state index in [1.807, 2.05) is 19.1 Å². The maximum atomic E-state index is 13.1. The summed E-state index contributed by atoms with van der Waals surface area (Å²) in [5, 5.41) is 16.2. The number of benzene rings is 1. The van der Waals surface area contributed by atoms with E-state index < -0.39 is 0 Å². The Morgan fingerprint density at radius 3 is 2.84 bits per heavy atom. The lowest BCUT2D eigenvalue weighted by Crippen LogP contribution is -2.48. The minimum absolute atomic E-state index is 0.0436. The number of amides is 2. The number of aromatic nitrogens is 4. The second-order valence-corrected chi connectivity index (χ2v) is 8.86. The van der Waals surface area contributed by atoms with Crippen molar-refractivity contribution in [2.45, 2.75) is 25.9 Å². The summed E-state index contributed by atoms with van der Waals surface area (Å²) in [5.74, 6) is 1.01. The van der Waals surface area contributed by atoms with Crippen LogP contribution >= 0.6 is 0 Å². The van der Waals surface area contributed by atoms with E-state index in [1.54, 1.807) is 40.6 Å². The van der Waals surface area contributed by atoms with E-state index in [1.165, 1.54) is 13.3 Å². The quantitative estimate of drug-likeness (QED) is 0.386. The SMILES string of the molecule is COC(=O)N1CC(c2nc(-c3ccc(C)c(NC(=O)c4cnc5cc(OC(C)CO)ccn45)c3)no2)C1. The summed E-state index contributed by atoms with van der Waals surface area (Å²) in [6.07, 6.45) is 2.45. The van der Waals surface area contributed by atoms with E-state index in [0.717, 1.165) is 5.56 Å². The zero-order chi connectivity index (χ0) is 26.1. The highest BCUT2D eigenvalue weighted by Gasteiger charge is 2.36. The highest BCUT2D eigenvalue weighted by Crippen LogP contribution is 2.29. The molecular formula is C25H26N6O6. The monoisotopic (exact) mass is 506 g/mol. The lowest BCUT2D eigenvalue weighted by molar-refractivity contribution is 0.0804. The molecule has 0 radical (unpaired) electrons. The predicted octanol–water partition coefficient (Wildman–Crippen LogP) is 2.87. The van der Waals surface area contributed by atoms with Gasteiger partial charge in [0.2, 0.25) is 11.7 Å². The lowest BCUT2D eigenvalue weighted by Gasteiger charge is -2.35.